The number of halogens is 1. The van der Waals surface area contributed by atoms with Crippen molar-refractivity contribution >= 4 is 71.2 Å². The first-order valence-corrected chi connectivity index (χ1v) is 26.3. The summed E-state index contributed by atoms with van der Waals surface area (Å²) in [4.78, 5) is 38.6. The van der Waals surface area contributed by atoms with E-state index in [1.54, 1.807) is 34.6 Å². The average Bonchev–Trinajstić information content (AvgIpc) is 3.94. The number of rotatable bonds is 25. The first kappa shape index (κ1) is 50.0. The van der Waals surface area contributed by atoms with Crippen molar-refractivity contribution in [3.8, 4) is 0 Å². The number of anilines is 1. The Balaban J connectivity index is 1.54. The maximum absolute atomic E-state index is 14.8. The van der Waals surface area contributed by atoms with Crippen LogP contribution in [0.4, 0.5) is 17.1 Å². The van der Waals surface area contributed by atoms with Crippen molar-refractivity contribution in [2.45, 2.75) is 136 Å². The second-order valence-electron chi connectivity index (χ2n) is 17.1. The molecule has 4 aromatic rings. The molecule has 0 aliphatic carbocycles. The van der Waals surface area contributed by atoms with Gasteiger partial charge in [-0.15, -0.1) is 0 Å². The van der Waals surface area contributed by atoms with Crippen LogP contribution in [0.2, 0.25) is 5.02 Å². The van der Waals surface area contributed by atoms with Crippen LogP contribution in [-0.4, -0.2) is 80.9 Å². The molecule has 1 aliphatic rings. The van der Waals surface area contributed by atoms with E-state index < -0.39 is 32.0 Å². The fourth-order valence-electron chi connectivity index (χ4n) is 8.20. The van der Waals surface area contributed by atoms with Crippen LogP contribution < -0.4 is 20.1 Å². The standard InChI is InChI=1S/C47H66ClN7O6S2/c1-8-11-13-15-17-21-29-53(30-22-18-16-14-12-9-2)63(60,61)37-26-27-39(48)42(32-37)51-46(56)44(45-50-41-24-20-19-23-38(41)47(57)54(45)34(4)5)49-40-28-25-36(31-35(40)6)55(10-3)33-43(55)52-62(7,58)59/h19-20,23-28,31-32,34,43,52H,8-18,21-22,29-30,33H2,1-7H3/p+1. The number of nitrogens with zero attached hydrogens (tertiary/aromatic N) is 5. The number of hydrogen-bond acceptors (Lipinski definition) is 8. The predicted molar refractivity (Wildman–Crippen MR) is 258 cm³/mol. The summed E-state index contributed by atoms with van der Waals surface area (Å²) in [7, 11) is -7.40. The summed E-state index contributed by atoms with van der Waals surface area (Å²) in [5, 5.41) is 3.36. The number of carbonyl (C=O) groups excluding carboxylic acids is 1. The molecule has 1 amide bonds. The Morgan fingerprint density at radius 3 is 2.10 bits per heavy atom. The smallest absolute Gasteiger partial charge is 0.278 e. The van der Waals surface area contributed by atoms with E-state index in [-0.39, 0.29) is 38.9 Å². The van der Waals surface area contributed by atoms with Crippen molar-refractivity contribution in [3.05, 3.63) is 87.4 Å². The average molecular weight is 926 g/mol. The number of fused-ring (bicyclic) bond motifs is 1. The molecule has 2 N–H and O–H groups in total. The summed E-state index contributed by atoms with van der Waals surface area (Å²) in [6, 6.07) is 16.4. The first-order valence-electron chi connectivity index (χ1n) is 22.6. The van der Waals surface area contributed by atoms with Crippen LogP contribution in [0.5, 0.6) is 0 Å². The molecule has 3 aromatic carbocycles. The molecule has 0 saturated carbocycles. The third kappa shape index (κ3) is 12.6. The monoisotopic (exact) mass is 924 g/mol. The van der Waals surface area contributed by atoms with E-state index in [1.807, 2.05) is 39.8 Å². The van der Waals surface area contributed by atoms with E-state index in [0.717, 1.165) is 89.0 Å². The number of sulfonamides is 2. The Hall–Kier alpha value is -3.99. The van der Waals surface area contributed by atoms with Crippen molar-refractivity contribution in [2.75, 3.05) is 37.8 Å². The minimum atomic E-state index is -3.98. The SMILES string of the molecule is CCCCCCCCN(CCCCCCCC)S(=O)(=O)c1ccc(Cl)c(NC(=O)C(=Nc2ccc([N+]3(CC)CC3NS(C)(=O)=O)cc2C)c2nc3ccccc3c(=O)n2C(C)C)c1. The molecule has 13 nitrogen and oxygen atoms in total. The molecule has 2 atom stereocenters. The van der Waals surface area contributed by atoms with Crippen LogP contribution in [0, 0.1) is 6.92 Å². The van der Waals surface area contributed by atoms with Gasteiger partial charge in [0.2, 0.25) is 26.2 Å². The first-order chi connectivity index (χ1) is 30.0. The Bertz CT molecular complexity index is 2530. The van der Waals surface area contributed by atoms with Gasteiger partial charge in [-0.25, -0.2) is 26.8 Å². The highest BCUT2D eigenvalue weighted by Gasteiger charge is 2.57. The Labute approximate surface area is 380 Å². The van der Waals surface area contributed by atoms with E-state index in [1.165, 1.54) is 22.8 Å². The van der Waals surface area contributed by atoms with E-state index in [0.29, 0.717) is 52.8 Å². The zero-order valence-corrected chi connectivity index (χ0v) is 40.5. The third-order valence-corrected chi connectivity index (χ3v) is 14.8. The summed E-state index contributed by atoms with van der Waals surface area (Å²) < 4.78 is 59.1. The number of aryl methyl sites for hydroxylation is 1. The lowest BCUT2D eigenvalue weighted by atomic mass is 10.1. The van der Waals surface area contributed by atoms with Gasteiger partial charge in [0.25, 0.3) is 11.5 Å². The number of para-hydroxylation sites is 1. The predicted octanol–water partition coefficient (Wildman–Crippen LogP) is 9.63. The number of aromatic nitrogens is 2. The maximum atomic E-state index is 14.8. The van der Waals surface area contributed by atoms with Gasteiger partial charge >= 0.3 is 0 Å². The Morgan fingerprint density at radius 1 is 0.889 bits per heavy atom. The number of unbranched alkanes of at least 4 members (excludes halogenated alkanes) is 10. The number of aliphatic imine (C=N–C) groups is 1. The molecule has 2 unspecified atom stereocenters. The number of quaternary nitrogens is 1. The van der Waals surface area contributed by atoms with Crippen molar-refractivity contribution in [1.29, 1.82) is 0 Å². The molecule has 1 saturated heterocycles. The van der Waals surface area contributed by atoms with E-state index >= 15 is 0 Å². The summed E-state index contributed by atoms with van der Waals surface area (Å²) in [6.45, 7) is 13.9. The number of likely N-dealkylation sites (N-methyl/N-ethyl adjacent to an activating group) is 1. The van der Waals surface area contributed by atoms with E-state index in [9.17, 15) is 26.4 Å². The highest BCUT2D eigenvalue weighted by atomic mass is 35.5. The number of hydrogen-bond donors (Lipinski definition) is 2. The molecule has 0 spiro atoms. The second kappa shape index (κ2) is 22.3. The Morgan fingerprint density at radius 2 is 1.51 bits per heavy atom. The topological polar surface area (TPSA) is 160 Å². The van der Waals surface area contributed by atoms with Crippen LogP contribution in [0.3, 0.4) is 0 Å². The van der Waals surface area contributed by atoms with Crippen LogP contribution in [0.1, 0.15) is 129 Å². The van der Waals surface area contributed by atoms with Gasteiger partial charge in [0.05, 0.1) is 45.0 Å². The van der Waals surface area contributed by atoms with Crippen molar-refractivity contribution in [1.82, 2.24) is 23.1 Å². The van der Waals surface area contributed by atoms with Gasteiger partial charge in [0.1, 0.15) is 5.69 Å². The summed E-state index contributed by atoms with van der Waals surface area (Å²) in [5.41, 5.74) is 1.94. The summed E-state index contributed by atoms with van der Waals surface area (Å²) in [5.74, 6) is -0.720. The van der Waals surface area contributed by atoms with Gasteiger partial charge < -0.3 is 5.32 Å². The van der Waals surface area contributed by atoms with Crippen LogP contribution in [0.15, 0.2) is 75.3 Å². The maximum Gasteiger partial charge on any atom is 0.278 e. The van der Waals surface area contributed by atoms with Crippen LogP contribution in [0.25, 0.3) is 10.9 Å². The molecule has 5 rings (SSSR count). The fraction of sp³-hybridized carbons (Fsp3) is 0.532. The molecule has 0 bridgehead atoms. The molecule has 63 heavy (non-hydrogen) atoms. The largest absolute Gasteiger partial charge is 0.319 e. The Kier molecular flexibility index (Phi) is 17.7. The molecule has 0 radical (unpaired) electrons. The molecule has 2 heterocycles. The minimum absolute atomic E-state index is 0.0127. The molecule has 16 heteroatoms. The van der Waals surface area contributed by atoms with E-state index in [4.69, 9.17) is 21.6 Å². The third-order valence-electron chi connectivity index (χ3n) is 11.9. The molecular formula is C47H67ClN7O6S2+. The van der Waals surface area contributed by atoms with Crippen molar-refractivity contribution in [2.24, 2.45) is 4.99 Å². The lowest BCUT2D eigenvalue weighted by molar-refractivity contribution is -0.110. The zero-order valence-electron chi connectivity index (χ0n) is 38.1. The summed E-state index contributed by atoms with van der Waals surface area (Å²) >= 11 is 6.73. The summed E-state index contributed by atoms with van der Waals surface area (Å²) in [6.07, 6.45) is 13.2. The van der Waals surface area contributed by atoms with Crippen molar-refractivity contribution in [3.63, 3.8) is 0 Å². The normalized spacial score (nSPS) is 16.9. The second-order valence-corrected chi connectivity index (χ2v) is 21.3. The van der Waals surface area contributed by atoms with Gasteiger partial charge in [-0.05, 0) is 82.5 Å². The number of benzene rings is 3. The lowest BCUT2D eigenvalue weighted by Gasteiger charge is -2.23. The van der Waals surface area contributed by atoms with Crippen LogP contribution in [-0.2, 0) is 24.8 Å². The molecular weight excluding hydrogens is 858 g/mol. The highest BCUT2D eigenvalue weighted by Crippen LogP contribution is 2.40. The molecule has 1 aliphatic heterocycles. The minimum Gasteiger partial charge on any atom is -0.319 e. The zero-order chi connectivity index (χ0) is 46.0. The number of nitrogens with one attached hydrogen (secondary N) is 2. The number of amides is 1. The van der Waals surface area contributed by atoms with Gasteiger partial charge in [0.15, 0.2) is 18.1 Å². The number of carbonyl (C=O) groups is 1. The molecule has 1 aromatic heterocycles. The van der Waals surface area contributed by atoms with Crippen molar-refractivity contribution < 1.29 is 21.6 Å². The molecule has 344 valence electrons. The van der Waals surface area contributed by atoms with E-state index in [2.05, 4.69) is 23.9 Å². The van der Waals surface area contributed by atoms with Gasteiger partial charge in [-0.2, -0.15) is 9.03 Å². The van der Waals surface area contributed by atoms with Crippen LogP contribution >= 0.6 is 11.6 Å². The molecule has 1 fully saturated rings. The highest BCUT2D eigenvalue weighted by molar-refractivity contribution is 7.89. The lowest BCUT2D eigenvalue weighted by Crippen LogP contribution is -2.38. The van der Waals surface area contributed by atoms with Gasteiger partial charge in [-0.1, -0.05) is 102 Å². The van der Waals surface area contributed by atoms with Gasteiger partial charge in [0, 0.05) is 31.3 Å². The fourth-order valence-corrected chi connectivity index (χ4v) is 10.7. The quantitative estimate of drug-likeness (QED) is 0.0290. The van der Waals surface area contributed by atoms with Gasteiger partial charge in [-0.3, -0.25) is 18.6 Å².